The molecule has 3 N–H and O–H groups in total. The first-order valence-electron chi connectivity index (χ1n) is 8.87. The predicted molar refractivity (Wildman–Crippen MR) is 108 cm³/mol. The number of aryl methyl sites for hydroxylation is 1. The highest BCUT2D eigenvalue weighted by Gasteiger charge is 2.21. The zero-order valence-electron chi connectivity index (χ0n) is 15.8. The number of likely N-dealkylation sites (tertiary alicyclic amines) is 1. The lowest BCUT2D eigenvalue weighted by Crippen LogP contribution is -2.32. The zero-order chi connectivity index (χ0) is 19.3. The number of amides is 1. The Morgan fingerprint density at radius 1 is 1.50 bits per heavy atom. The molecule has 2 rings (SSSR count). The number of nitrogens with one attached hydrogen (secondary N) is 1. The number of carbonyl (C=O) groups excluding carboxylic acids is 1. The summed E-state index contributed by atoms with van der Waals surface area (Å²) in [7, 11) is 2.12. The fourth-order valence-corrected chi connectivity index (χ4v) is 3.85. The topological polar surface area (TPSA) is 58.4 Å². The highest BCUT2D eigenvalue weighted by molar-refractivity contribution is 8.12. The van der Waals surface area contributed by atoms with Crippen molar-refractivity contribution in [2.45, 2.75) is 39.2 Å². The Balaban J connectivity index is 1.95. The third-order valence-electron chi connectivity index (χ3n) is 4.72. The van der Waals surface area contributed by atoms with E-state index in [1.54, 1.807) is 26.0 Å². The van der Waals surface area contributed by atoms with Crippen LogP contribution in [0, 0.1) is 12.7 Å². The number of benzene rings is 1. The smallest absolute Gasteiger partial charge is 0.259 e. The molecule has 0 radical (unpaired) electrons. The van der Waals surface area contributed by atoms with Gasteiger partial charge in [0.05, 0.1) is 4.91 Å². The van der Waals surface area contributed by atoms with Gasteiger partial charge in [-0.3, -0.25) is 4.79 Å². The first-order valence-corrected chi connectivity index (χ1v) is 9.69. The molecule has 1 amide bonds. The van der Waals surface area contributed by atoms with E-state index in [-0.39, 0.29) is 11.7 Å². The predicted octanol–water partition coefficient (Wildman–Crippen LogP) is 3.63. The van der Waals surface area contributed by atoms with E-state index in [9.17, 15) is 9.18 Å². The second-order valence-electron chi connectivity index (χ2n) is 6.82. The van der Waals surface area contributed by atoms with Crippen molar-refractivity contribution in [1.82, 2.24) is 10.2 Å². The van der Waals surface area contributed by atoms with Crippen molar-refractivity contribution >= 4 is 22.6 Å². The van der Waals surface area contributed by atoms with Crippen LogP contribution in [0.5, 0.6) is 0 Å². The summed E-state index contributed by atoms with van der Waals surface area (Å²) in [5.74, 6) is -0.492. The first kappa shape index (κ1) is 20.5. The lowest BCUT2D eigenvalue weighted by molar-refractivity contribution is -0.116. The number of carbonyl (C=O) groups is 1. The number of hydrogen-bond donors (Lipinski definition) is 2. The van der Waals surface area contributed by atoms with Crippen LogP contribution in [0.3, 0.4) is 0 Å². The maximum absolute atomic E-state index is 13.8. The van der Waals surface area contributed by atoms with E-state index in [1.807, 2.05) is 0 Å². The molecule has 142 valence electrons. The maximum atomic E-state index is 13.8. The Morgan fingerprint density at radius 2 is 2.23 bits per heavy atom. The summed E-state index contributed by atoms with van der Waals surface area (Å²) in [6.07, 6.45) is 3.31. The van der Waals surface area contributed by atoms with E-state index in [1.165, 1.54) is 30.7 Å². The summed E-state index contributed by atoms with van der Waals surface area (Å²) in [6.45, 7) is 9.10. The maximum Gasteiger partial charge on any atom is 0.259 e. The van der Waals surface area contributed by atoms with Gasteiger partial charge in [0.25, 0.3) is 5.91 Å². The fraction of sp³-hybridized carbons (Fsp3) is 0.450. The van der Waals surface area contributed by atoms with Crippen molar-refractivity contribution in [3.05, 3.63) is 52.3 Å². The lowest BCUT2D eigenvalue weighted by atomic mass is 10.1. The Labute approximate surface area is 159 Å². The monoisotopic (exact) mass is 377 g/mol. The number of halogens is 1. The third kappa shape index (κ3) is 5.35. The standard InChI is InChI=1S/C20H28FN3OS/c1-13-7-8-16(12-18(13)21)15(3)26-19(14(2)22)20(25)23-10-9-17-6-5-11-24(17)4/h7-8,12,17H,3,5-6,9-11,22H2,1-2,4H3,(H,23,25)/b19-14-. The molecule has 1 unspecified atom stereocenters. The summed E-state index contributed by atoms with van der Waals surface area (Å²) in [5, 5.41) is 2.95. The Hall–Kier alpha value is -1.79. The van der Waals surface area contributed by atoms with Gasteiger partial charge in [-0.25, -0.2) is 4.39 Å². The normalized spacial score (nSPS) is 18.5. The molecule has 0 bridgehead atoms. The van der Waals surface area contributed by atoms with Gasteiger partial charge in [-0.05, 0) is 63.9 Å². The van der Waals surface area contributed by atoms with E-state index in [4.69, 9.17) is 5.73 Å². The molecule has 1 fully saturated rings. The first-order chi connectivity index (χ1) is 12.3. The lowest BCUT2D eigenvalue weighted by Gasteiger charge is -2.19. The largest absolute Gasteiger partial charge is 0.401 e. The molecular formula is C20H28FN3OS. The van der Waals surface area contributed by atoms with Crippen LogP contribution in [0.25, 0.3) is 4.91 Å². The van der Waals surface area contributed by atoms with Crippen LogP contribution >= 0.6 is 11.8 Å². The quantitative estimate of drug-likeness (QED) is 0.713. The molecule has 1 aromatic rings. The van der Waals surface area contributed by atoms with E-state index < -0.39 is 0 Å². The summed E-state index contributed by atoms with van der Waals surface area (Å²) in [4.78, 5) is 15.9. The Kier molecular flexibility index (Phi) is 7.29. The molecule has 0 aliphatic carbocycles. The van der Waals surface area contributed by atoms with E-state index in [0.717, 1.165) is 13.0 Å². The molecule has 1 saturated heterocycles. The van der Waals surface area contributed by atoms with E-state index >= 15 is 0 Å². The minimum Gasteiger partial charge on any atom is -0.401 e. The van der Waals surface area contributed by atoms with Gasteiger partial charge in [0.15, 0.2) is 0 Å². The SMILES string of the molecule is C=C(S/C(C(=O)NCCC1CCCN1C)=C(/C)N)c1ccc(C)c(F)c1. The fourth-order valence-electron chi connectivity index (χ4n) is 3.03. The number of hydrogen-bond acceptors (Lipinski definition) is 4. The molecule has 0 spiro atoms. The van der Waals surface area contributed by atoms with Gasteiger partial charge in [-0.1, -0.05) is 30.5 Å². The van der Waals surface area contributed by atoms with Crippen LogP contribution in [-0.2, 0) is 4.79 Å². The van der Waals surface area contributed by atoms with Crippen LogP contribution in [0.2, 0.25) is 0 Å². The molecule has 0 aromatic heterocycles. The van der Waals surface area contributed by atoms with E-state index in [0.29, 0.717) is 39.2 Å². The molecule has 1 aromatic carbocycles. The number of nitrogens with two attached hydrogens (primary N) is 1. The third-order valence-corrected chi connectivity index (χ3v) is 5.91. The van der Waals surface area contributed by atoms with E-state index in [2.05, 4.69) is 23.8 Å². The highest BCUT2D eigenvalue weighted by Crippen LogP contribution is 2.33. The van der Waals surface area contributed by atoms with Gasteiger partial charge >= 0.3 is 0 Å². The summed E-state index contributed by atoms with van der Waals surface area (Å²) >= 11 is 1.18. The van der Waals surface area contributed by atoms with Gasteiger partial charge < -0.3 is 16.0 Å². The summed E-state index contributed by atoms with van der Waals surface area (Å²) in [5.41, 5.74) is 7.56. The number of thioether (sulfide) groups is 1. The van der Waals surface area contributed by atoms with Crippen molar-refractivity contribution in [2.75, 3.05) is 20.1 Å². The van der Waals surface area contributed by atoms with Crippen LogP contribution in [0.15, 0.2) is 35.4 Å². The summed E-state index contributed by atoms with van der Waals surface area (Å²) < 4.78 is 13.8. The van der Waals surface area contributed by atoms with Crippen molar-refractivity contribution in [2.24, 2.45) is 5.73 Å². The van der Waals surface area contributed by atoms with Gasteiger partial charge in [0.2, 0.25) is 0 Å². The van der Waals surface area contributed by atoms with Gasteiger partial charge in [-0.15, -0.1) is 0 Å². The molecule has 1 heterocycles. The average Bonchev–Trinajstić information content (AvgIpc) is 2.99. The number of rotatable bonds is 7. The van der Waals surface area contributed by atoms with Crippen molar-refractivity contribution in [1.29, 1.82) is 0 Å². The molecule has 6 heteroatoms. The van der Waals surface area contributed by atoms with Crippen LogP contribution < -0.4 is 11.1 Å². The van der Waals surface area contributed by atoms with Crippen LogP contribution in [0.1, 0.15) is 37.3 Å². The minimum atomic E-state index is -0.288. The van der Waals surface area contributed by atoms with Crippen LogP contribution in [0.4, 0.5) is 4.39 Å². The average molecular weight is 378 g/mol. The second kappa shape index (κ2) is 9.24. The molecule has 26 heavy (non-hydrogen) atoms. The Morgan fingerprint density at radius 3 is 2.81 bits per heavy atom. The number of allylic oxidation sites excluding steroid dienone is 1. The Bertz CT molecular complexity index is 713. The summed E-state index contributed by atoms with van der Waals surface area (Å²) in [6, 6.07) is 5.46. The van der Waals surface area contributed by atoms with Gasteiger partial charge in [-0.2, -0.15) is 0 Å². The number of nitrogens with zero attached hydrogens (tertiary/aromatic N) is 1. The molecular weight excluding hydrogens is 349 g/mol. The minimum absolute atomic E-state index is 0.204. The second-order valence-corrected chi connectivity index (χ2v) is 7.93. The van der Waals surface area contributed by atoms with Gasteiger partial charge in [0, 0.05) is 23.2 Å². The van der Waals surface area contributed by atoms with Crippen molar-refractivity contribution < 1.29 is 9.18 Å². The zero-order valence-corrected chi connectivity index (χ0v) is 16.6. The van der Waals surface area contributed by atoms with Crippen LogP contribution in [-0.4, -0.2) is 37.0 Å². The molecule has 1 aliphatic heterocycles. The van der Waals surface area contributed by atoms with Gasteiger partial charge in [0.1, 0.15) is 5.82 Å². The molecule has 0 saturated carbocycles. The molecule has 1 atom stereocenters. The molecule has 1 aliphatic rings. The highest BCUT2D eigenvalue weighted by atomic mass is 32.2. The van der Waals surface area contributed by atoms with Crippen molar-refractivity contribution in [3.8, 4) is 0 Å². The molecule has 4 nitrogen and oxygen atoms in total. The van der Waals surface area contributed by atoms with Crippen molar-refractivity contribution in [3.63, 3.8) is 0 Å².